The third-order valence-corrected chi connectivity index (χ3v) is 5.72. The van der Waals surface area contributed by atoms with E-state index in [9.17, 15) is 9.59 Å². The maximum Gasteiger partial charge on any atom is 0.193 e. The van der Waals surface area contributed by atoms with E-state index >= 15 is 0 Å². The molecule has 1 aromatic heterocycles. The first-order chi connectivity index (χ1) is 12.8. The Labute approximate surface area is 161 Å². The molecular weight excluding hydrogens is 338 g/mol. The van der Waals surface area contributed by atoms with Crippen molar-refractivity contribution >= 4 is 17.3 Å². The van der Waals surface area contributed by atoms with Crippen LogP contribution in [0.2, 0.25) is 0 Å². The Morgan fingerprint density at radius 1 is 1.00 bits per heavy atom. The van der Waals surface area contributed by atoms with E-state index in [4.69, 9.17) is 0 Å². The standard InChI is InChI=1S/C22H29N3O2/c1-14-7-6-8-19(15(14)2)25-11-9-24(10-12-25)13-20(27)22-16(3)21(18(5)26)17(4)23-22/h6-8,23H,9-13H2,1-5H3. The molecule has 1 aliphatic rings. The highest BCUT2D eigenvalue weighted by Crippen LogP contribution is 2.24. The highest BCUT2D eigenvalue weighted by molar-refractivity contribution is 6.03. The first kappa shape index (κ1) is 19.4. The highest BCUT2D eigenvalue weighted by atomic mass is 16.1. The molecular formula is C22H29N3O2. The summed E-state index contributed by atoms with van der Waals surface area (Å²) in [5, 5.41) is 0. The molecule has 5 nitrogen and oxygen atoms in total. The maximum absolute atomic E-state index is 12.8. The predicted octanol–water partition coefficient (Wildman–Crippen LogP) is 3.46. The number of aromatic amines is 1. The van der Waals surface area contributed by atoms with Gasteiger partial charge in [-0.1, -0.05) is 12.1 Å². The molecule has 0 unspecified atom stereocenters. The number of hydrogen-bond donors (Lipinski definition) is 1. The Bertz CT molecular complexity index is 874. The molecule has 27 heavy (non-hydrogen) atoms. The van der Waals surface area contributed by atoms with Crippen molar-refractivity contribution in [3.05, 3.63) is 51.8 Å². The van der Waals surface area contributed by atoms with Crippen molar-refractivity contribution in [1.82, 2.24) is 9.88 Å². The van der Waals surface area contributed by atoms with Gasteiger partial charge in [0.05, 0.1) is 12.2 Å². The van der Waals surface area contributed by atoms with Crippen LogP contribution in [0.4, 0.5) is 5.69 Å². The van der Waals surface area contributed by atoms with Crippen molar-refractivity contribution in [2.75, 3.05) is 37.6 Å². The molecule has 5 heteroatoms. The molecule has 3 rings (SSSR count). The van der Waals surface area contributed by atoms with Gasteiger partial charge in [-0.25, -0.2) is 0 Å². The Hall–Kier alpha value is -2.40. The van der Waals surface area contributed by atoms with E-state index in [1.807, 2.05) is 13.8 Å². The van der Waals surface area contributed by atoms with E-state index in [2.05, 4.69) is 46.8 Å². The van der Waals surface area contributed by atoms with Gasteiger partial charge in [-0.2, -0.15) is 0 Å². The molecule has 0 atom stereocenters. The summed E-state index contributed by atoms with van der Waals surface area (Å²) < 4.78 is 0. The summed E-state index contributed by atoms with van der Waals surface area (Å²) in [5.41, 5.74) is 6.72. The summed E-state index contributed by atoms with van der Waals surface area (Å²) in [6.45, 7) is 13.5. The van der Waals surface area contributed by atoms with E-state index in [-0.39, 0.29) is 11.6 Å². The SMILES string of the molecule is CC(=O)c1c(C)[nH]c(C(=O)CN2CCN(c3cccc(C)c3C)CC2)c1C. The average molecular weight is 367 g/mol. The van der Waals surface area contributed by atoms with Gasteiger partial charge in [0.15, 0.2) is 11.6 Å². The Morgan fingerprint density at radius 3 is 2.26 bits per heavy atom. The zero-order chi connectivity index (χ0) is 19.7. The van der Waals surface area contributed by atoms with Gasteiger partial charge in [-0.05, 0) is 57.4 Å². The molecule has 1 N–H and O–H groups in total. The van der Waals surface area contributed by atoms with Gasteiger partial charge in [0.2, 0.25) is 0 Å². The topological polar surface area (TPSA) is 56.4 Å². The molecule has 1 aromatic carbocycles. The predicted molar refractivity (Wildman–Crippen MR) is 109 cm³/mol. The summed E-state index contributed by atoms with van der Waals surface area (Å²) in [6.07, 6.45) is 0. The monoisotopic (exact) mass is 367 g/mol. The van der Waals surface area contributed by atoms with Crippen LogP contribution in [0, 0.1) is 27.7 Å². The largest absolute Gasteiger partial charge is 0.369 e. The third-order valence-electron chi connectivity index (χ3n) is 5.72. The number of Topliss-reactive ketones (excluding diaryl/α,β-unsaturated/α-hetero) is 2. The summed E-state index contributed by atoms with van der Waals surface area (Å²) in [6, 6.07) is 6.43. The number of ketones is 2. The normalized spacial score (nSPS) is 15.2. The Kier molecular flexibility index (Phi) is 5.51. The van der Waals surface area contributed by atoms with Crippen LogP contribution in [0.25, 0.3) is 0 Å². The fourth-order valence-corrected chi connectivity index (χ4v) is 4.06. The van der Waals surface area contributed by atoms with Crippen molar-refractivity contribution in [2.24, 2.45) is 0 Å². The lowest BCUT2D eigenvalue weighted by molar-refractivity contribution is 0.0921. The number of nitrogens with one attached hydrogen (secondary N) is 1. The van der Waals surface area contributed by atoms with E-state index in [0.717, 1.165) is 37.4 Å². The molecule has 1 fully saturated rings. The van der Waals surface area contributed by atoms with Crippen LogP contribution in [0.15, 0.2) is 18.2 Å². The Balaban J connectivity index is 1.64. The van der Waals surface area contributed by atoms with Gasteiger partial charge >= 0.3 is 0 Å². The fraction of sp³-hybridized carbons (Fsp3) is 0.455. The van der Waals surface area contributed by atoms with Crippen LogP contribution in [-0.4, -0.2) is 54.2 Å². The van der Waals surface area contributed by atoms with Gasteiger partial charge in [0, 0.05) is 43.1 Å². The molecule has 2 heterocycles. The van der Waals surface area contributed by atoms with E-state index in [1.54, 1.807) is 6.92 Å². The number of rotatable bonds is 5. The van der Waals surface area contributed by atoms with E-state index < -0.39 is 0 Å². The molecule has 0 spiro atoms. The van der Waals surface area contributed by atoms with Crippen LogP contribution in [-0.2, 0) is 0 Å². The number of piperazine rings is 1. The number of H-pyrrole nitrogens is 1. The first-order valence-corrected chi connectivity index (χ1v) is 9.56. The number of carbonyl (C=O) groups excluding carboxylic acids is 2. The lowest BCUT2D eigenvalue weighted by Crippen LogP contribution is -2.48. The number of aromatic nitrogens is 1. The van der Waals surface area contributed by atoms with Crippen LogP contribution >= 0.6 is 0 Å². The molecule has 0 bridgehead atoms. The molecule has 0 saturated carbocycles. The smallest absolute Gasteiger partial charge is 0.193 e. The first-order valence-electron chi connectivity index (χ1n) is 9.56. The minimum absolute atomic E-state index is 0.00226. The lowest BCUT2D eigenvalue weighted by Gasteiger charge is -2.36. The lowest BCUT2D eigenvalue weighted by atomic mass is 10.0. The molecule has 0 aliphatic carbocycles. The van der Waals surface area contributed by atoms with Crippen molar-refractivity contribution in [3.63, 3.8) is 0 Å². The zero-order valence-electron chi connectivity index (χ0n) is 17.0. The van der Waals surface area contributed by atoms with Gasteiger partial charge in [0.25, 0.3) is 0 Å². The van der Waals surface area contributed by atoms with Crippen LogP contribution in [0.5, 0.6) is 0 Å². The van der Waals surface area contributed by atoms with Gasteiger partial charge in [-0.15, -0.1) is 0 Å². The van der Waals surface area contributed by atoms with Gasteiger partial charge in [0.1, 0.15) is 0 Å². The second kappa shape index (κ2) is 7.69. The average Bonchev–Trinajstić information content (AvgIpc) is 2.93. The van der Waals surface area contributed by atoms with Gasteiger partial charge < -0.3 is 9.88 Å². The van der Waals surface area contributed by atoms with Gasteiger partial charge in [-0.3, -0.25) is 14.5 Å². The van der Waals surface area contributed by atoms with Crippen LogP contribution < -0.4 is 4.90 Å². The summed E-state index contributed by atoms with van der Waals surface area (Å²) in [4.78, 5) is 32.3. The third kappa shape index (κ3) is 3.83. The summed E-state index contributed by atoms with van der Waals surface area (Å²) in [7, 11) is 0. The van der Waals surface area contributed by atoms with Crippen molar-refractivity contribution < 1.29 is 9.59 Å². The second-order valence-electron chi connectivity index (χ2n) is 7.59. The molecule has 1 aliphatic heterocycles. The molecule has 0 radical (unpaired) electrons. The second-order valence-corrected chi connectivity index (χ2v) is 7.59. The highest BCUT2D eigenvalue weighted by Gasteiger charge is 2.24. The molecule has 144 valence electrons. The fourth-order valence-electron chi connectivity index (χ4n) is 4.06. The Morgan fingerprint density at radius 2 is 1.67 bits per heavy atom. The summed E-state index contributed by atoms with van der Waals surface area (Å²) in [5.74, 6) is 0.0609. The molecule has 2 aromatic rings. The summed E-state index contributed by atoms with van der Waals surface area (Å²) >= 11 is 0. The van der Waals surface area contributed by atoms with Crippen LogP contribution in [0.1, 0.15) is 50.2 Å². The van der Waals surface area contributed by atoms with Crippen LogP contribution in [0.3, 0.4) is 0 Å². The van der Waals surface area contributed by atoms with Crippen molar-refractivity contribution in [1.29, 1.82) is 0 Å². The molecule has 0 amide bonds. The van der Waals surface area contributed by atoms with Crippen molar-refractivity contribution in [3.8, 4) is 0 Å². The molecule has 1 saturated heterocycles. The zero-order valence-corrected chi connectivity index (χ0v) is 17.0. The number of hydrogen-bond acceptors (Lipinski definition) is 4. The van der Waals surface area contributed by atoms with E-state index in [1.165, 1.54) is 16.8 Å². The quantitative estimate of drug-likeness (QED) is 0.823. The number of anilines is 1. The van der Waals surface area contributed by atoms with E-state index in [0.29, 0.717) is 17.8 Å². The van der Waals surface area contributed by atoms with Crippen molar-refractivity contribution in [2.45, 2.75) is 34.6 Å². The minimum Gasteiger partial charge on any atom is -0.369 e. The maximum atomic E-state index is 12.8. The number of benzene rings is 1. The minimum atomic E-state index is 0.00226. The number of nitrogens with zero attached hydrogens (tertiary/aromatic N) is 2. The number of aryl methyl sites for hydroxylation is 2. The number of carbonyl (C=O) groups is 2.